The Morgan fingerprint density at radius 3 is 2.30 bits per heavy atom. The van der Waals surface area contributed by atoms with Crippen LogP contribution in [0.5, 0.6) is 5.75 Å². The van der Waals surface area contributed by atoms with Crippen molar-refractivity contribution in [2.24, 2.45) is 0 Å². The first-order valence-electron chi connectivity index (χ1n) is 9.07. The van der Waals surface area contributed by atoms with Gasteiger partial charge >= 0.3 is 5.97 Å². The molecule has 0 fully saturated rings. The fourth-order valence-corrected chi connectivity index (χ4v) is 4.16. The van der Waals surface area contributed by atoms with Gasteiger partial charge in [-0.1, -0.05) is 66.2 Å². The van der Waals surface area contributed by atoms with Crippen LogP contribution < -0.4 is 9.46 Å². The van der Waals surface area contributed by atoms with Crippen molar-refractivity contribution >= 4 is 27.6 Å². The molecule has 1 unspecified atom stereocenters. The third-order valence-electron chi connectivity index (χ3n) is 4.35. The van der Waals surface area contributed by atoms with Crippen molar-refractivity contribution < 1.29 is 17.9 Å². The average Bonchev–Trinajstić information content (AvgIpc) is 2.72. The fourth-order valence-electron chi connectivity index (χ4n) is 2.75. The highest BCUT2D eigenvalue weighted by Gasteiger charge is 2.28. The maximum atomic E-state index is 13.0. The summed E-state index contributed by atoms with van der Waals surface area (Å²) in [5.41, 5.74) is 1.32. The van der Waals surface area contributed by atoms with E-state index < -0.39 is 22.0 Å². The van der Waals surface area contributed by atoms with E-state index in [-0.39, 0.29) is 10.5 Å². The maximum Gasteiger partial charge on any atom is 0.340 e. The highest BCUT2D eigenvalue weighted by Crippen LogP contribution is 2.27. The molecule has 7 heteroatoms. The Bertz CT molecular complexity index is 1160. The number of sulfonamides is 1. The van der Waals surface area contributed by atoms with Crippen molar-refractivity contribution in [3.63, 3.8) is 0 Å². The molecule has 3 aromatic rings. The van der Waals surface area contributed by atoms with Gasteiger partial charge < -0.3 is 4.74 Å². The Morgan fingerprint density at radius 1 is 1.00 bits per heavy atom. The monoisotopic (exact) mass is 441 g/mol. The molecule has 1 N–H and O–H groups in total. The predicted octanol–water partition coefficient (Wildman–Crippen LogP) is 4.83. The first-order valence-corrected chi connectivity index (χ1v) is 10.9. The standard InChI is InChI=1S/C23H20ClNO4S/c1-16-11-13-21(14-12-16)30(27,28)25-22(18-7-6-8-19(24)15-18)17(2)23(26)29-20-9-4-3-5-10-20/h3-15,22,25H,2H2,1H3. The van der Waals surface area contributed by atoms with E-state index in [2.05, 4.69) is 11.3 Å². The Labute approximate surface area is 181 Å². The zero-order chi connectivity index (χ0) is 21.7. The lowest BCUT2D eigenvalue weighted by Crippen LogP contribution is -2.33. The summed E-state index contributed by atoms with van der Waals surface area (Å²) in [4.78, 5) is 12.8. The second-order valence-corrected chi connectivity index (χ2v) is 8.80. The average molecular weight is 442 g/mol. The quantitative estimate of drug-likeness (QED) is 0.324. The molecular weight excluding hydrogens is 422 g/mol. The number of esters is 1. The van der Waals surface area contributed by atoms with E-state index in [0.29, 0.717) is 16.3 Å². The van der Waals surface area contributed by atoms with Crippen molar-refractivity contribution in [2.75, 3.05) is 0 Å². The number of carbonyl (C=O) groups excluding carboxylic acids is 1. The number of ether oxygens (including phenoxy) is 1. The summed E-state index contributed by atoms with van der Waals surface area (Å²) in [7, 11) is -3.95. The molecule has 0 spiro atoms. The minimum Gasteiger partial charge on any atom is -0.423 e. The lowest BCUT2D eigenvalue weighted by Gasteiger charge is -2.21. The van der Waals surface area contributed by atoms with Crippen LogP contribution in [0.3, 0.4) is 0 Å². The van der Waals surface area contributed by atoms with Crippen molar-refractivity contribution in [3.05, 3.63) is 107 Å². The molecule has 5 nitrogen and oxygen atoms in total. The van der Waals surface area contributed by atoms with Gasteiger partial charge in [0.2, 0.25) is 10.0 Å². The van der Waals surface area contributed by atoms with Crippen LogP contribution >= 0.6 is 11.6 Å². The van der Waals surface area contributed by atoms with Crippen LogP contribution in [0.15, 0.2) is 95.9 Å². The lowest BCUT2D eigenvalue weighted by molar-refractivity contribution is -0.130. The van der Waals surface area contributed by atoms with Crippen molar-refractivity contribution in [2.45, 2.75) is 17.9 Å². The maximum absolute atomic E-state index is 13.0. The lowest BCUT2D eigenvalue weighted by atomic mass is 10.0. The number of hydrogen-bond donors (Lipinski definition) is 1. The smallest absolute Gasteiger partial charge is 0.340 e. The number of halogens is 1. The summed E-state index contributed by atoms with van der Waals surface area (Å²) in [6, 6.07) is 20.4. The van der Waals surface area contributed by atoms with Gasteiger partial charge in [0.15, 0.2) is 0 Å². The Kier molecular flexibility index (Phi) is 6.72. The molecule has 0 aliphatic heterocycles. The largest absolute Gasteiger partial charge is 0.423 e. The molecular formula is C23H20ClNO4S. The number of aryl methyl sites for hydroxylation is 1. The second-order valence-electron chi connectivity index (χ2n) is 6.65. The van der Waals surface area contributed by atoms with Gasteiger partial charge in [0.25, 0.3) is 0 Å². The first-order chi connectivity index (χ1) is 14.3. The van der Waals surface area contributed by atoms with E-state index in [1.807, 2.05) is 6.92 Å². The zero-order valence-corrected chi connectivity index (χ0v) is 17.8. The Hall–Kier alpha value is -2.93. The van der Waals surface area contributed by atoms with E-state index >= 15 is 0 Å². The van der Waals surface area contributed by atoms with Crippen LogP contribution in [-0.2, 0) is 14.8 Å². The molecule has 0 aliphatic carbocycles. The summed E-state index contributed by atoms with van der Waals surface area (Å²) >= 11 is 6.09. The van der Waals surface area contributed by atoms with E-state index in [1.165, 1.54) is 12.1 Å². The number of benzene rings is 3. The van der Waals surface area contributed by atoms with Crippen LogP contribution in [-0.4, -0.2) is 14.4 Å². The van der Waals surface area contributed by atoms with Crippen LogP contribution in [0.1, 0.15) is 17.2 Å². The summed E-state index contributed by atoms with van der Waals surface area (Å²) in [6.07, 6.45) is 0. The number of carbonyl (C=O) groups is 1. The minimum absolute atomic E-state index is 0.0724. The van der Waals surface area contributed by atoms with Crippen LogP contribution in [0.4, 0.5) is 0 Å². The molecule has 0 aromatic heterocycles. The summed E-state index contributed by atoms with van der Waals surface area (Å²) < 4.78 is 33.8. The van der Waals surface area contributed by atoms with Crippen LogP contribution in [0.2, 0.25) is 5.02 Å². The molecule has 0 radical (unpaired) electrons. The SMILES string of the molecule is C=C(C(=O)Oc1ccccc1)C(NS(=O)(=O)c1ccc(C)cc1)c1cccc(Cl)c1. The number of hydrogen-bond acceptors (Lipinski definition) is 4. The highest BCUT2D eigenvalue weighted by molar-refractivity contribution is 7.89. The van der Waals surface area contributed by atoms with Crippen molar-refractivity contribution in [1.29, 1.82) is 0 Å². The van der Waals surface area contributed by atoms with Gasteiger partial charge in [-0.25, -0.2) is 13.2 Å². The fraction of sp³-hybridized carbons (Fsp3) is 0.0870. The van der Waals surface area contributed by atoms with Crippen LogP contribution in [0, 0.1) is 6.92 Å². The van der Waals surface area contributed by atoms with E-state index in [0.717, 1.165) is 5.56 Å². The third kappa shape index (κ3) is 5.36. The van der Waals surface area contributed by atoms with Gasteiger partial charge in [-0.05, 0) is 48.9 Å². The molecule has 0 bridgehead atoms. The molecule has 3 aromatic carbocycles. The van der Waals surface area contributed by atoms with Crippen LogP contribution in [0.25, 0.3) is 0 Å². The van der Waals surface area contributed by atoms with E-state index in [1.54, 1.807) is 66.7 Å². The molecule has 0 heterocycles. The third-order valence-corrected chi connectivity index (χ3v) is 6.02. The molecule has 0 saturated carbocycles. The first kappa shape index (κ1) is 21.8. The molecule has 154 valence electrons. The van der Waals surface area contributed by atoms with Gasteiger partial charge in [0.05, 0.1) is 16.5 Å². The topological polar surface area (TPSA) is 72.5 Å². The molecule has 0 aliphatic rings. The second kappa shape index (κ2) is 9.26. The number of rotatable bonds is 7. The van der Waals surface area contributed by atoms with Crippen molar-refractivity contribution in [1.82, 2.24) is 4.72 Å². The van der Waals surface area contributed by atoms with E-state index in [9.17, 15) is 13.2 Å². The summed E-state index contributed by atoms with van der Waals surface area (Å²) in [5, 5.41) is 0.399. The molecule has 3 rings (SSSR count). The van der Waals surface area contributed by atoms with Gasteiger partial charge in [0, 0.05) is 5.02 Å². The van der Waals surface area contributed by atoms with Crippen molar-refractivity contribution in [3.8, 4) is 5.75 Å². The summed E-state index contributed by atoms with van der Waals surface area (Å²) in [5.74, 6) is -0.423. The zero-order valence-electron chi connectivity index (χ0n) is 16.2. The Morgan fingerprint density at radius 2 is 1.67 bits per heavy atom. The highest BCUT2D eigenvalue weighted by atomic mass is 35.5. The van der Waals surface area contributed by atoms with Gasteiger partial charge in [-0.3, -0.25) is 0 Å². The molecule has 1 atom stereocenters. The van der Waals surface area contributed by atoms with Gasteiger partial charge in [-0.15, -0.1) is 0 Å². The van der Waals surface area contributed by atoms with Gasteiger partial charge in [-0.2, -0.15) is 4.72 Å². The van der Waals surface area contributed by atoms with Gasteiger partial charge in [0.1, 0.15) is 5.75 Å². The molecule has 30 heavy (non-hydrogen) atoms. The predicted molar refractivity (Wildman–Crippen MR) is 117 cm³/mol. The molecule has 0 saturated heterocycles. The number of nitrogens with one attached hydrogen (secondary N) is 1. The molecule has 0 amide bonds. The minimum atomic E-state index is -3.95. The Balaban J connectivity index is 1.93. The summed E-state index contributed by atoms with van der Waals surface area (Å²) in [6.45, 7) is 5.67. The normalized spacial score (nSPS) is 12.2. The number of para-hydroxylation sites is 1. The van der Waals surface area contributed by atoms with E-state index in [4.69, 9.17) is 16.3 Å².